The third-order valence-corrected chi connectivity index (χ3v) is 6.16. The smallest absolute Gasteiger partial charge is 0.259 e. The molecular weight excluding hydrogens is 455 g/mol. The monoisotopic (exact) mass is 462 g/mol. The molecule has 0 fully saturated rings. The minimum Gasteiger partial charge on any atom is -0.379 e. The van der Waals surface area contributed by atoms with E-state index in [0.717, 1.165) is 4.70 Å². The highest BCUT2D eigenvalue weighted by atomic mass is 79.9. The molecule has 5 nitrogen and oxygen atoms in total. The van der Waals surface area contributed by atoms with Gasteiger partial charge in [-0.05, 0) is 29.3 Å². The molecule has 0 bridgehead atoms. The van der Waals surface area contributed by atoms with Gasteiger partial charge in [0.15, 0.2) is 5.82 Å². The van der Waals surface area contributed by atoms with Crippen molar-refractivity contribution in [1.82, 2.24) is 9.97 Å². The average Bonchev–Trinajstić information content (AvgIpc) is 3.01. The molecular formula is C18H9BrClFN4OS. The molecule has 2 N–H and O–H groups in total. The number of hydrogen-bond acceptors (Lipinski definition) is 5. The van der Waals surface area contributed by atoms with Crippen LogP contribution in [-0.4, -0.2) is 17.0 Å². The molecule has 0 aliphatic rings. The number of fused-ring (bicyclic) bond motifs is 2. The lowest BCUT2D eigenvalue weighted by atomic mass is 9.97. The zero-order valence-corrected chi connectivity index (χ0v) is 16.8. The molecule has 2 aromatic carbocycles. The van der Waals surface area contributed by atoms with Crippen LogP contribution in [0.25, 0.3) is 32.1 Å². The van der Waals surface area contributed by atoms with Crippen molar-refractivity contribution in [1.29, 1.82) is 5.26 Å². The second-order valence-corrected chi connectivity index (χ2v) is 7.91. The van der Waals surface area contributed by atoms with E-state index in [1.54, 1.807) is 19.2 Å². The van der Waals surface area contributed by atoms with E-state index >= 15 is 4.39 Å². The van der Waals surface area contributed by atoms with Gasteiger partial charge in [0.2, 0.25) is 5.28 Å². The van der Waals surface area contributed by atoms with Crippen LogP contribution in [0.5, 0.6) is 0 Å². The van der Waals surface area contributed by atoms with Crippen LogP contribution in [0.4, 0.5) is 9.39 Å². The second-order valence-electron chi connectivity index (χ2n) is 5.65. The fraction of sp³-hybridized carbons (Fsp3) is 0.0556. The van der Waals surface area contributed by atoms with Crippen LogP contribution >= 0.6 is 38.9 Å². The van der Waals surface area contributed by atoms with E-state index in [0.29, 0.717) is 26.0 Å². The predicted octanol–water partition coefficient (Wildman–Crippen LogP) is 5.27. The number of halogens is 3. The first kappa shape index (κ1) is 17.9. The van der Waals surface area contributed by atoms with E-state index in [2.05, 4.69) is 37.3 Å². The van der Waals surface area contributed by atoms with Crippen molar-refractivity contribution in [3.63, 3.8) is 0 Å². The third kappa shape index (κ3) is 2.70. The lowest BCUT2D eigenvalue weighted by molar-refractivity contribution is 0.639. The van der Waals surface area contributed by atoms with E-state index in [1.165, 1.54) is 17.4 Å². The van der Waals surface area contributed by atoms with Crippen molar-refractivity contribution >= 4 is 64.9 Å². The molecule has 9 heteroatoms. The van der Waals surface area contributed by atoms with Gasteiger partial charge in [-0.1, -0.05) is 28.1 Å². The molecule has 0 aliphatic carbocycles. The third-order valence-electron chi connectivity index (χ3n) is 4.19. The zero-order valence-electron chi connectivity index (χ0n) is 13.7. The summed E-state index contributed by atoms with van der Waals surface area (Å²) in [6.07, 6.45) is 0. The lowest BCUT2D eigenvalue weighted by Gasteiger charge is -2.11. The number of nitriles is 1. The van der Waals surface area contributed by atoms with Gasteiger partial charge in [-0.3, -0.25) is 9.78 Å². The number of rotatable bonds is 2. The number of aromatic nitrogens is 2. The second kappa shape index (κ2) is 6.60. The zero-order chi connectivity index (χ0) is 19.3. The van der Waals surface area contributed by atoms with Crippen LogP contribution in [0.3, 0.4) is 0 Å². The summed E-state index contributed by atoms with van der Waals surface area (Å²) in [6.45, 7) is 0. The Bertz CT molecular complexity index is 1340. The summed E-state index contributed by atoms with van der Waals surface area (Å²) < 4.78 is 16.7. The summed E-state index contributed by atoms with van der Waals surface area (Å²) in [7, 11) is 1.73. The van der Waals surface area contributed by atoms with Crippen molar-refractivity contribution in [3.8, 4) is 17.2 Å². The van der Waals surface area contributed by atoms with Crippen molar-refractivity contribution in [3.05, 3.63) is 55.8 Å². The number of benzene rings is 2. The Balaban J connectivity index is 2.17. The van der Waals surface area contributed by atoms with Gasteiger partial charge in [-0.2, -0.15) is 5.26 Å². The van der Waals surface area contributed by atoms with E-state index in [9.17, 15) is 10.1 Å². The highest BCUT2D eigenvalue weighted by Gasteiger charge is 2.22. The number of thiophene rings is 1. The highest BCUT2D eigenvalue weighted by Crippen LogP contribution is 2.44. The molecule has 0 amide bonds. The molecule has 0 radical (unpaired) electrons. The maximum Gasteiger partial charge on any atom is 0.259 e. The fourth-order valence-electron chi connectivity index (χ4n) is 3.06. The van der Waals surface area contributed by atoms with Crippen molar-refractivity contribution < 1.29 is 4.39 Å². The first-order valence-electron chi connectivity index (χ1n) is 7.67. The summed E-state index contributed by atoms with van der Waals surface area (Å²) in [6, 6.07) is 9.10. The van der Waals surface area contributed by atoms with Crippen LogP contribution in [-0.2, 0) is 0 Å². The molecule has 4 rings (SSSR count). The van der Waals surface area contributed by atoms with Crippen LogP contribution in [0, 0.1) is 17.1 Å². The molecule has 2 aromatic heterocycles. The van der Waals surface area contributed by atoms with Gasteiger partial charge in [-0.15, -0.1) is 11.3 Å². The Hall–Kier alpha value is -2.47. The van der Waals surface area contributed by atoms with E-state index in [1.807, 2.05) is 6.07 Å². The fourth-order valence-corrected chi connectivity index (χ4v) is 4.88. The average molecular weight is 464 g/mol. The minimum atomic E-state index is -0.680. The summed E-state index contributed by atoms with van der Waals surface area (Å²) in [5, 5.41) is 13.9. The van der Waals surface area contributed by atoms with Gasteiger partial charge in [0.05, 0.1) is 10.9 Å². The number of aromatic amines is 1. The largest absolute Gasteiger partial charge is 0.379 e. The minimum absolute atomic E-state index is 0.0847. The van der Waals surface area contributed by atoms with E-state index in [-0.39, 0.29) is 21.7 Å². The molecule has 0 atom stereocenters. The maximum absolute atomic E-state index is 15.4. The Morgan fingerprint density at radius 2 is 2.22 bits per heavy atom. The summed E-state index contributed by atoms with van der Waals surface area (Å²) in [5.41, 5.74) is 0.545. The van der Waals surface area contributed by atoms with Crippen molar-refractivity contribution in [2.45, 2.75) is 0 Å². The van der Waals surface area contributed by atoms with Crippen LogP contribution in [0.2, 0.25) is 5.28 Å². The van der Waals surface area contributed by atoms with Crippen LogP contribution in [0.15, 0.2) is 33.5 Å². The molecule has 4 aromatic rings. The molecule has 0 spiro atoms. The number of H-pyrrole nitrogens is 1. The molecule has 134 valence electrons. The van der Waals surface area contributed by atoms with E-state index < -0.39 is 11.4 Å². The topological polar surface area (TPSA) is 81.6 Å². The Labute approximate surface area is 169 Å². The summed E-state index contributed by atoms with van der Waals surface area (Å²) in [4.78, 5) is 18.4. The van der Waals surface area contributed by atoms with Gasteiger partial charge in [0, 0.05) is 27.2 Å². The molecule has 0 aliphatic heterocycles. The van der Waals surface area contributed by atoms with Crippen molar-refractivity contribution in [2.75, 3.05) is 12.4 Å². The maximum atomic E-state index is 15.4. The van der Waals surface area contributed by atoms with E-state index in [4.69, 9.17) is 11.6 Å². The lowest BCUT2D eigenvalue weighted by Crippen LogP contribution is -2.09. The van der Waals surface area contributed by atoms with Crippen LogP contribution in [0.1, 0.15) is 5.56 Å². The van der Waals surface area contributed by atoms with Crippen molar-refractivity contribution in [2.24, 2.45) is 0 Å². The van der Waals surface area contributed by atoms with Gasteiger partial charge in [0.25, 0.3) is 5.56 Å². The number of anilines is 1. The molecule has 2 heterocycles. The first-order valence-corrected chi connectivity index (χ1v) is 9.66. The molecule has 27 heavy (non-hydrogen) atoms. The number of hydrogen-bond donors (Lipinski definition) is 2. The summed E-state index contributed by atoms with van der Waals surface area (Å²) >= 11 is 10.6. The normalized spacial score (nSPS) is 11.1. The highest BCUT2D eigenvalue weighted by molar-refractivity contribution is 9.10. The standard InChI is InChI=1S/C18H9BrClFN4OS/c1-23-17-9(6-22)12-7(3-2-4-11(12)27-17)13-10(19)5-8-15(14(13)21)24-18(20)25-16(8)26/h2-5,23H,1H3,(H,24,25,26). The Morgan fingerprint density at radius 1 is 1.44 bits per heavy atom. The van der Waals surface area contributed by atoms with Gasteiger partial charge < -0.3 is 5.32 Å². The number of nitrogens with zero attached hydrogens (tertiary/aromatic N) is 2. The first-order chi connectivity index (χ1) is 13.0. The summed E-state index contributed by atoms with van der Waals surface area (Å²) in [5.74, 6) is -0.680. The quantitative estimate of drug-likeness (QED) is 0.397. The predicted molar refractivity (Wildman–Crippen MR) is 110 cm³/mol. The Morgan fingerprint density at radius 3 is 2.93 bits per heavy atom. The van der Waals surface area contributed by atoms with Gasteiger partial charge in [-0.25, -0.2) is 9.37 Å². The molecule has 0 unspecified atom stereocenters. The SMILES string of the molecule is CNc1sc2cccc(-c3c(Br)cc4c(=O)[nH]c(Cl)nc4c3F)c2c1C#N. The Kier molecular flexibility index (Phi) is 4.38. The molecule has 0 saturated heterocycles. The van der Waals surface area contributed by atoms with Gasteiger partial charge >= 0.3 is 0 Å². The van der Waals surface area contributed by atoms with Gasteiger partial charge in [0.1, 0.15) is 16.6 Å². The number of nitrogens with one attached hydrogen (secondary N) is 2. The van der Waals surface area contributed by atoms with Crippen LogP contribution < -0.4 is 10.9 Å². The molecule has 0 saturated carbocycles.